The topological polar surface area (TPSA) is 90.6 Å². The van der Waals surface area contributed by atoms with E-state index in [9.17, 15) is 4.79 Å². The predicted molar refractivity (Wildman–Crippen MR) is 128 cm³/mol. The van der Waals surface area contributed by atoms with Crippen LogP contribution in [0.2, 0.25) is 0 Å². The van der Waals surface area contributed by atoms with Crippen molar-refractivity contribution in [2.75, 3.05) is 6.61 Å². The molecule has 3 N–H and O–H groups in total. The van der Waals surface area contributed by atoms with E-state index >= 15 is 0 Å². The van der Waals surface area contributed by atoms with Crippen LogP contribution in [0.25, 0.3) is 16.9 Å². The van der Waals surface area contributed by atoms with E-state index in [1.165, 1.54) is 41.5 Å². The maximum Gasteiger partial charge on any atom is 0.309 e. The Morgan fingerprint density at radius 1 is 1.09 bits per heavy atom. The molecule has 33 heavy (non-hydrogen) atoms. The van der Waals surface area contributed by atoms with Gasteiger partial charge in [-0.3, -0.25) is 4.79 Å². The monoisotopic (exact) mass is 622 g/mol. The summed E-state index contributed by atoms with van der Waals surface area (Å²) in [5.41, 5.74) is 13.5. The van der Waals surface area contributed by atoms with Crippen LogP contribution in [-0.4, -0.2) is 28.9 Å². The van der Waals surface area contributed by atoms with Gasteiger partial charge in [-0.25, -0.2) is 0 Å². The molecule has 0 amide bonds. The van der Waals surface area contributed by atoms with Crippen molar-refractivity contribution in [3.05, 3.63) is 53.3 Å². The summed E-state index contributed by atoms with van der Waals surface area (Å²) in [5, 5.41) is 17.7. The van der Waals surface area contributed by atoms with Crippen molar-refractivity contribution in [1.82, 2.24) is 0 Å². The van der Waals surface area contributed by atoms with E-state index < -0.39 is 18.0 Å². The van der Waals surface area contributed by atoms with Gasteiger partial charge in [-0.1, -0.05) is 56.0 Å². The Kier molecular flexibility index (Phi) is 10.9. The van der Waals surface area contributed by atoms with Crippen LogP contribution in [-0.2, 0) is 32.3 Å². The zero-order chi connectivity index (χ0) is 23.1. The first-order valence-corrected chi connectivity index (χ1v) is 11.9. The molecule has 2 aromatic carbocycles. The van der Waals surface area contributed by atoms with Crippen LogP contribution < -0.4 is 4.74 Å². The number of ether oxygens (including phenoxy) is 1. The van der Waals surface area contributed by atoms with Gasteiger partial charge in [-0.05, 0) is 73.8 Å². The van der Waals surface area contributed by atoms with E-state index in [1.807, 2.05) is 25.1 Å². The summed E-state index contributed by atoms with van der Waals surface area (Å²) < 4.78 is 5.73. The van der Waals surface area contributed by atoms with Crippen molar-refractivity contribution in [3.63, 3.8) is 0 Å². The maximum absolute atomic E-state index is 10.4. The first-order valence-electron chi connectivity index (χ1n) is 11.9. The van der Waals surface area contributed by atoms with Crippen molar-refractivity contribution < 1.29 is 40.8 Å². The number of aliphatic carboxylic acids is 1. The number of aliphatic hydroxyl groups excluding tert-OH is 1. The molecule has 0 aliphatic heterocycles. The molecule has 0 aromatic heterocycles. The van der Waals surface area contributed by atoms with E-state index in [-0.39, 0.29) is 21.1 Å². The van der Waals surface area contributed by atoms with E-state index in [2.05, 4.69) is 25.1 Å². The van der Waals surface area contributed by atoms with Crippen LogP contribution in [0.3, 0.4) is 0 Å². The van der Waals surface area contributed by atoms with Gasteiger partial charge in [0, 0.05) is 21.1 Å². The summed E-state index contributed by atoms with van der Waals surface area (Å²) in [6.45, 7) is 4.83. The number of aryl methyl sites for hydroxylation is 1. The van der Waals surface area contributed by atoms with Gasteiger partial charge < -0.3 is 20.7 Å². The van der Waals surface area contributed by atoms with Crippen LogP contribution >= 0.6 is 0 Å². The van der Waals surface area contributed by atoms with Gasteiger partial charge in [-0.2, -0.15) is 0 Å². The molecule has 2 fully saturated rings. The quantitative estimate of drug-likeness (QED) is 0.360. The second-order valence-corrected chi connectivity index (χ2v) is 9.01. The molecule has 180 valence electrons. The summed E-state index contributed by atoms with van der Waals surface area (Å²) >= 11 is 0. The number of hydrogen-bond acceptors (Lipinski definition) is 3. The molecule has 0 saturated heterocycles. The number of carbonyl (C=O) groups is 1. The van der Waals surface area contributed by atoms with Crippen LogP contribution in [0.1, 0.15) is 63.0 Å². The van der Waals surface area contributed by atoms with Crippen LogP contribution in [0.5, 0.6) is 5.75 Å². The largest absolute Gasteiger partial charge is 0.699 e. The number of benzene rings is 2. The summed E-state index contributed by atoms with van der Waals surface area (Å²) in [6.07, 6.45) is 7.67. The van der Waals surface area contributed by atoms with Crippen molar-refractivity contribution in [1.29, 1.82) is 0 Å². The van der Waals surface area contributed by atoms with Crippen molar-refractivity contribution in [2.24, 2.45) is 11.8 Å². The van der Waals surface area contributed by atoms with E-state index in [4.69, 9.17) is 20.7 Å². The van der Waals surface area contributed by atoms with E-state index in [1.54, 1.807) is 0 Å². The van der Waals surface area contributed by atoms with Gasteiger partial charge in [0.2, 0.25) is 0 Å². The average Bonchev–Trinajstić information content (AvgIpc) is 3.60. The molecule has 0 radical (unpaired) electrons. The van der Waals surface area contributed by atoms with Crippen LogP contribution in [0.4, 0.5) is 5.69 Å². The predicted octanol–water partition coefficient (Wildman–Crippen LogP) is 6.71. The first kappa shape index (κ1) is 27.4. The molecular formula is C27H36NO4W-. The third-order valence-electron chi connectivity index (χ3n) is 6.54. The number of carboxylic acid groups (broad SMARTS) is 1. The zero-order valence-corrected chi connectivity index (χ0v) is 22.6. The fourth-order valence-corrected chi connectivity index (χ4v) is 4.45. The van der Waals surface area contributed by atoms with Gasteiger partial charge >= 0.3 is 5.97 Å². The SMILES string of the molecule is CCOc1cccc(-c2ccc([NH-])cc2CCC2CC2)c1C.O=C(O)[C@H]1CCCC[C@@H]1O.[W]. The van der Waals surface area contributed by atoms with Crippen LogP contribution in [0.15, 0.2) is 36.4 Å². The minimum atomic E-state index is -0.854. The number of nitrogens with one attached hydrogen (secondary N) is 1. The number of carboxylic acids is 1. The third kappa shape index (κ3) is 7.86. The Morgan fingerprint density at radius 3 is 2.42 bits per heavy atom. The molecule has 2 atom stereocenters. The van der Waals surface area contributed by atoms with Crippen LogP contribution in [0, 0.1) is 18.8 Å². The number of rotatable bonds is 7. The Balaban J connectivity index is 0.000000297. The van der Waals surface area contributed by atoms with Crippen molar-refractivity contribution in [3.8, 4) is 16.9 Å². The molecule has 2 aliphatic carbocycles. The minimum Gasteiger partial charge on any atom is -0.699 e. The first-order chi connectivity index (χ1) is 15.4. The second kappa shape index (κ2) is 13.1. The number of hydrogen-bond donors (Lipinski definition) is 2. The summed E-state index contributed by atoms with van der Waals surface area (Å²) in [7, 11) is 0. The molecule has 0 heterocycles. The molecule has 0 bridgehead atoms. The average molecular weight is 622 g/mol. The Labute approximate surface area is 212 Å². The molecule has 2 aromatic rings. The second-order valence-electron chi connectivity index (χ2n) is 9.01. The summed E-state index contributed by atoms with van der Waals surface area (Å²) in [6, 6.07) is 12.3. The fraction of sp³-hybridized carbons (Fsp3) is 0.519. The number of aliphatic hydroxyl groups is 1. The van der Waals surface area contributed by atoms with Crippen molar-refractivity contribution >= 4 is 11.7 Å². The third-order valence-corrected chi connectivity index (χ3v) is 6.54. The molecular weight excluding hydrogens is 586 g/mol. The molecule has 4 rings (SSSR count). The summed E-state index contributed by atoms with van der Waals surface area (Å²) in [4.78, 5) is 10.4. The Morgan fingerprint density at radius 2 is 1.82 bits per heavy atom. The summed E-state index contributed by atoms with van der Waals surface area (Å²) in [5.74, 6) is 0.516. The van der Waals surface area contributed by atoms with Gasteiger partial charge in [0.05, 0.1) is 18.6 Å². The van der Waals surface area contributed by atoms with Crippen molar-refractivity contribution in [2.45, 2.75) is 71.3 Å². The molecule has 2 saturated carbocycles. The normalized spacial score (nSPS) is 19.6. The Bertz CT molecular complexity index is 913. The molecule has 0 unspecified atom stereocenters. The molecule has 6 heteroatoms. The van der Waals surface area contributed by atoms with E-state index in [0.717, 1.165) is 30.9 Å². The molecule has 0 spiro atoms. The smallest absolute Gasteiger partial charge is 0.309 e. The minimum absolute atomic E-state index is 0. The fourth-order valence-electron chi connectivity index (χ4n) is 4.45. The Hall–Kier alpha value is -1.84. The standard InChI is InChI=1S/C20H24NO.C7H12O3.W/c1-3-22-20-6-4-5-18(14(20)2)19-12-11-17(21)13-16(19)10-9-15-7-8-15;8-6-4-2-1-3-5(6)7(9)10;/h4-6,11-13,15,21H,3,7-10H2,1-2H3;5-6,8H,1-4H2,(H,9,10);/q-1;;/t;5-,6-;/m.0./s1. The zero-order valence-electron chi connectivity index (χ0n) is 19.7. The van der Waals surface area contributed by atoms with E-state index in [0.29, 0.717) is 25.1 Å². The van der Waals surface area contributed by atoms with Gasteiger partial charge in [0.1, 0.15) is 5.75 Å². The maximum atomic E-state index is 10.4. The van der Waals surface area contributed by atoms with Gasteiger partial charge in [0.25, 0.3) is 0 Å². The molecule has 2 aliphatic rings. The van der Waals surface area contributed by atoms with Gasteiger partial charge in [0.15, 0.2) is 0 Å². The van der Waals surface area contributed by atoms with Gasteiger partial charge in [-0.15, -0.1) is 5.69 Å². The molecule has 5 nitrogen and oxygen atoms in total.